The van der Waals surface area contributed by atoms with E-state index in [0.717, 1.165) is 0 Å². The molecule has 0 amide bonds. The highest BCUT2D eigenvalue weighted by molar-refractivity contribution is 7.10. The summed E-state index contributed by atoms with van der Waals surface area (Å²) in [4.78, 5) is 1.52. The van der Waals surface area contributed by atoms with Crippen molar-refractivity contribution in [2.24, 2.45) is 0 Å². The molecule has 17 heavy (non-hydrogen) atoms. The second kappa shape index (κ2) is 4.58. The van der Waals surface area contributed by atoms with E-state index in [0.29, 0.717) is 24.4 Å². The lowest BCUT2D eigenvalue weighted by atomic mass is 9.94. The molecule has 0 saturated heterocycles. The Morgan fingerprint density at radius 2 is 2.47 bits per heavy atom. The van der Waals surface area contributed by atoms with Gasteiger partial charge in [0, 0.05) is 17.8 Å². The van der Waals surface area contributed by atoms with Crippen molar-refractivity contribution in [3.63, 3.8) is 0 Å². The smallest absolute Gasteiger partial charge is 0.230 e. The van der Waals surface area contributed by atoms with E-state index in [2.05, 4.69) is 27.0 Å². The lowest BCUT2D eigenvalue weighted by Gasteiger charge is -2.23. The number of thiophene rings is 1. The highest BCUT2D eigenvalue weighted by Crippen LogP contribution is 2.33. The van der Waals surface area contributed by atoms with Crippen LogP contribution in [0, 0.1) is 6.92 Å². The Balaban J connectivity index is 1.67. The number of hydrogen-bond donors (Lipinski definition) is 1. The van der Waals surface area contributed by atoms with Crippen molar-refractivity contribution in [3.8, 4) is 0 Å². The van der Waals surface area contributed by atoms with E-state index < -0.39 is 0 Å². The van der Waals surface area contributed by atoms with Crippen LogP contribution in [0.5, 0.6) is 0 Å². The zero-order chi connectivity index (χ0) is 11.7. The SMILES string of the molecule is Cc1nnc(CNC2CCCc3sccc32)o1. The summed E-state index contributed by atoms with van der Waals surface area (Å²) in [6.07, 6.45) is 3.68. The summed E-state index contributed by atoms with van der Waals surface area (Å²) in [5, 5.41) is 13.5. The molecule has 1 atom stereocenters. The minimum atomic E-state index is 0.442. The number of aromatic nitrogens is 2. The maximum absolute atomic E-state index is 5.36. The van der Waals surface area contributed by atoms with E-state index in [-0.39, 0.29) is 0 Å². The lowest BCUT2D eigenvalue weighted by Crippen LogP contribution is -2.24. The average molecular weight is 249 g/mol. The molecule has 0 fully saturated rings. The summed E-state index contributed by atoms with van der Waals surface area (Å²) in [5.41, 5.74) is 1.46. The first-order valence-electron chi connectivity index (χ1n) is 5.91. The van der Waals surface area contributed by atoms with E-state index in [1.165, 1.54) is 29.7 Å². The molecular formula is C12H15N3OS. The quantitative estimate of drug-likeness (QED) is 0.908. The molecule has 1 aliphatic carbocycles. The van der Waals surface area contributed by atoms with Gasteiger partial charge >= 0.3 is 0 Å². The fourth-order valence-corrected chi connectivity index (χ4v) is 3.31. The summed E-state index contributed by atoms with van der Waals surface area (Å²) in [5.74, 6) is 1.30. The van der Waals surface area contributed by atoms with Crippen molar-refractivity contribution in [2.45, 2.75) is 38.8 Å². The largest absolute Gasteiger partial charge is 0.424 e. The van der Waals surface area contributed by atoms with Crippen molar-refractivity contribution < 1.29 is 4.42 Å². The molecule has 2 heterocycles. The molecule has 0 aliphatic heterocycles. The Bertz CT molecular complexity index is 505. The minimum absolute atomic E-state index is 0.442. The number of hydrogen-bond acceptors (Lipinski definition) is 5. The average Bonchev–Trinajstić information content (AvgIpc) is 2.94. The Morgan fingerprint density at radius 1 is 1.53 bits per heavy atom. The van der Waals surface area contributed by atoms with Gasteiger partial charge in [-0.25, -0.2) is 0 Å². The van der Waals surface area contributed by atoms with Gasteiger partial charge in [0.15, 0.2) is 0 Å². The Morgan fingerprint density at radius 3 is 3.29 bits per heavy atom. The molecule has 5 heteroatoms. The molecule has 0 aromatic carbocycles. The number of aryl methyl sites for hydroxylation is 2. The van der Waals surface area contributed by atoms with Crippen LogP contribution in [0.15, 0.2) is 15.9 Å². The molecule has 3 rings (SSSR count). The molecule has 0 radical (unpaired) electrons. The Hall–Kier alpha value is -1.20. The van der Waals surface area contributed by atoms with Crippen LogP contribution in [0.2, 0.25) is 0 Å². The van der Waals surface area contributed by atoms with Gasteiger partial charge in [0.2, 0.25) is 11.8 Å². The van der Waals surface area contributed by atoms with E-state index >= 15 is 0 Å². The predicted molar refractivity (Wildman–Crippen MR) is 65.9 cm³/mol. The van der Waals surface area contributed by atoms with Crippen LogP contribution in [0.1, 0.15) is 41.1 Å². The molecule has 1 N–H and O–H groups in total. The van der Waals surface area contributed by atoms with Crippen LogP contribution >= 0.6 is 11.3 Å². The summed E-state index contributed by atoms with van der Waals surface area (Å²) >= 11 is 1.86. The molecule has 1 aliphatic rings. The summed E-state index contributed by atoms with van der Waals surface area (Å²) in [7, 11) is 0. The molecule has 2 aromatic rings. The third-order valence-electron chi connectivity index (χ3n) is 3.12. The molecule has 0 spiro atoms. The van der Waals surface area contributed by atoms with Crippen molar-refractivity contribution >= 4 is 11.3 Å². The first-order chi connectivity index (χ1) is 8.33. The van der Waals surface area contributed by atoms with Crippen LogP contribution in [0.3, 0.4) is 0 Å². The van der Waals surface area contributed by atoms with Crippen LogP contribution in [0.4, 0.5) is 0 Å². The number of nitrogens with one attached hydrogen (secondary N) is 1. The molecule has 0 saturated carbocycles. The van der Waals surface area contributed by atoms with Crippen LogP contribution < -0.4 is 5.32 Å². The Kier molecular flexibility index (Phi) is 2.94. The normalized spacial score (nSPS) is 19.2. The van der Waals surface area contributed by atoms with Crippen molar-refractivity contribution in [1.82, 2.24) is 15.5 Å². The number of nitrogens with zero attached hydrogens (tertiary/aromatic N) is 2. The van der Waals surface area contributed by atoms with Crippen molar-refractivity contribution in [1.29, 1.82) is 0 Å². The maximum atomic E-state index is 5.36. The lowest BCUT2D eigenvalue weighted by molar-refractivity contribution is 0.402. The predicted octanol–water partition coefficient (Wildman–Crippen LogP) is 2.61. The standard InChI is InChI=1S/C12H15N3OS/c1-8-14-15-12(16-8)7-13-10-3-2-4-11-9(10)5-6-17-11/h5-6,10,13H,2-4,7H2,1H3. The van der Waals surface area contributed by atoms with Gasteiger partial charge in [0.25, 0.3) is 0 Å². The molecule has 90 valence electrons. The van der Waals surface area contributed by atoms with Crippen molar-refractivity contribution in [3.05, 3.63) is 33.7 Å². The van der Waals surface area contributed by atoms with Gasteiger partial charge in [-0.15, -0.1) is 21.5 Å². The molecule has 4 nitrogen and oxygen atoms in total. The summed E-state index contributed by atoms with van der Waals surface area (Å²) in [6, 6.07) is 2.67. The molecular weight excluding hydrogens is 234 g/mol. The second-order valence-corrected chi connectivity index (χ2v) is 5.34. The zero-order valence-corrected chi connectivity index (χ0v) is 10.6. The first kappa shape index (κ1) is 10.9. The highest BCUT2D eigenvalue weighted by Gasteiger charge is 2.21. The van der Waals surface area contributed by atoms with E-state index in [1.54, 1.807) is 0 Å². The Labute approximate surface area is 104 Å². The fraction of sp³-hybridized carbons (Fsp3) is 0.500. The highest BCUT2D eigenvalue weighted by atomic mass is 32.1. The van der Waals surface area contributed by atoms with Gasteiger partial charge in [0.05, 0.1) is 6.54 Å². The van der Waals surface area contributed by atoms with Crippen LogP contribution in [0.25, 0.3) is 0 Å². The van der Waals surface area contributed by atoms with Gasteiger partial charge in [-0.3, -0.25) is 0 Å². The number of rotatable bonds is 3. The summed E-state index contributed by atoms with van der Waals surface area (Å²) < 4.78 is 5.36. The summed E-state index contributed by atoms with van der Waals surface area (Å²) in [6.45, 7) is 2.47. The third kappa shape index (κ3) is 2.25. The fourth-order valence-electron chi connectivity index (χ4n) is 2.32. The first-order valence-corrected chi connectivity index (χ1v) is 6.79. The van der Waals surface area contributed by atoms with Gasteiger partial charge in [-0.05, 0) is 36.3 Å². The topological polar surface area (TPSA) is 51.0 Å². The van der Waals surface area contributed by atoms with E-state index in [9.17, 15) is 0 Å². The van der Waals surface area contributed by atoms with Gasteiger partial charge < -0.3 is 9.73 Å². The van der Waals surface area contributed by atoms with Crippen LogP contribution in [-0.4, -0.2) is 10.2 Å². The molecule has 2 aromatic heterocycles. The van der Waals surface area contributed by atoms with Gasteiger partial charge in [0.1, 0.15) is 0 Å². The van der Waals surface area contributed by atoms with Gasteiger partial charge in [-0.2, -0.15) is 0 Å². The van der Waals surface area contributed by atoms with Crippen molar-refractivity contribution in [2.75, 3.05) is 0 Å². The van der Waals surface area contributed by atoms with Gasteiger partial charge in [-0.1, -0.05) is 0 Å². The molecule has 0 bridgehead atoms. The molecule has 1 unspecified atom stereocenters. The maximum Gasteiger partial charge on any atom is 0.230 e. The second-order valence-electron chi connectivity index (χ2n) is 4.34. The van der Waals surface area contributed by atoms with E-state index in [1.807, 2.05) is 18.3 Å². The van der Waals surface area contributed by atoms with Crippen LogP contribution in [-0.2, 0) is 13.0 Å². The number of fused-ring (bicyclic) bond motifs is 1. The zero-order valence-electron chi connectivity index (χ0n) is 9.77. The monoisotopic (exact) mass is 249 g/mol. The third-order valence-corrected chi connectivity index (χ3v) is 4.12. The minimum Gasteiger partial charge on any atom is -0.424 e. The van der Waals surface area contributed by atoms with E-state index in [4.69, 9.17) is 4.42 Å².